The van der Waals surface area contributed by atoms with Crippen molar-refractivity contribution in [2.24, 2.45) is 16.6 Å². The standard InChI is InChI=1S/C9H14N4O2S/c10-9(11)13-6-5-7-1-3-8(4-2-7)16(12,14)15/h1-4H,5-6H2,(H4,10,11,13)(H2,12,14,15)/p+1. The van der Waals surface area contributed by atoms with Gasteiger partial charge in [0.15, 0.2) is 0 Å². The molecule has 0 aliphatic rings. The molecule has 7 heteroatoms. The van der Waals surface area contributed by atoms with Gasteiger partial charge in [0.1, 0.15) is 0 Å². The highest BCUT2D eigenvalue weighted by molar-refractivity contribution is 7.89. The van der Waals surface area contributed by atoms with Gasteiger partial charge in [0.25, 0.3) is 0 Å². The van der Waals surface area contributed by atoms with E-state index in [9.17, 15) is 8.42 Å². The number of guanidine groups is 1. The van der Waals surface area contributed by atoms with Crippen molar-refractivity contribution in [3.63, 3.8) is 0 Å². The number of nitrogens with one attached hydrogen (secondary N) is 1. The average Bonchev–Trinajstić information content (AvgIpc) is 2.16. The highest BCUT2D eigenvalue weighted by Gasteiger charge is 2.06. The van der Waals surface area contributed by atoms with E-state index in [1.165, 1.54) is 12.1 Å². The molecule has 0 aliphatic heterocycles. The Balaban J connectivity index is 2.69. The summed E-state index contributed by atoms with van der Waals surface area (Å²) in [6, 6.07) is 6.35. The third-order valence-corrected chi connectivity index (χ3v) is 2.92. The summed E-state index contributed by atoms with van der Waals surface area (Å²) >= 11 is 0. The molecule has 1 aromatic carbocycles. The minimum atomic E-state index is -3.61. The molecule has 0 saturated heterocycles. The fourth-order valence-corrected chi connectivity index (χ4v) is 1.71. The van der Waals surface area contributed by atoms with Gasteiger partial charge in [0.2, 0.25) is 10.0 Å². The van der Waals surface area contributed by atoms with Crippen LogP contribution in [0.4, 0.5) is 0 Å². The van der Waals surface area contributed by atoms with Crippen LogP contribution in [0.5, 0.6) is 0 Å². The Labute approximate surface area is 94.2 Å². The van der Waals surface area contributed by atoms with Crippen molar-refractivity contribution in [1.82, 2.24) is 0 Å². The molecule has 0 fully saturated rings. The quantitative estimate of drug-likeness (QED) is 0.337. The van der Waals surface area contributed by atoms with Gasteiger partial charge in [-0.3, -0.25) is 16.5 Å². The van der Waals surface area contributed by atoms with E-state index >= 15 is 0 Å². The zero-order valence-electron chi connectivity index (χ0n) is 8.68. The van der Waals surface area contributed by atoms with E-state index in [0.717, 1.165) is 5.56 Å². The van der Waals surface area contributed by atoms with Gasteiger partial charge in [-0.15, -0.1) is 0 Å². The van der Waals surface area contributed by atoms with Gasteiger partial charge in [-0.2, -0.15) is 0 Å². The molecular formula is C9H15N4O2S+. The topological polar surface area (TPSA) is 126 Å². The second kappa shape index (κ2) is 4.95. The Kier molecular flexibility index (Phi) is 3.86. The molecule has 1 aromatic rings. The molecule has 0 unspecified atom stereocenters. The van der Waals surface area contributed by atoms with Crippen LogP contribution in [0.1, 0.15) is 5.56 Å². The number of hydrogen-bond donors (Lipinski definition) is 4. The van der Waals surface area contributed by atoms with Crippen LogP contribution in [0.3, 0.4) is 0 Å². The number of sulfonamides is 1. The summed E-state index contributed by atoms with van der Waals surface area (Å²) < 4.78 is 22.0. The van der Waals surface area contributed by atoms with Crippen LogP contribution in [-0.4, -0.2) is 20.9 Å². The second-order valence-electron chi connectivity index (χ2n) is 3.32. The van der Waals surface area contributed by atoms with Crippen LogP contribution in [0.25, 0.3) is 0 Å². The molecule has 6 nitrogen and oxygen atoms in total. The first kappa shape index (κ1) is 12.5. The van der Waals surface area contributed by atoms with Gasteiger partial charge >= 0.3 is 5.96 Å². The molecule has 7 N–H and O–H groups in total. The van der Waals surface area contributed by atoms with Crippen LogP contribution >= 0.6 is 0 Å². The summed E-state index contributed by atoms with van der Waals surface area (Å²) in [4.78, 5) is 2.87. The molecule has 0 aromatic heterocycles. The van der Waals surface area contributed by atoms with Crippen LogP contribution in [-0.2, 0) is 16.4 Å². The van der Waals surface area contributed by atoms with E-state index in [1.54, 1.807) is 12.1 Å². The first-order valence-electron chi connectivity index (χ1n) is 4.63. The van der Waals surface area contributed by atoms with Gasteiger partial charge in [0, 0.05) is 6.42 Å². The molecule has 1 rings (SSSR count). The maximum absolute atomic E-state index is 11.0. The zero-order chi connectivity index (χ0) is 12.2. The molecule has 0 aliphatic carbocycles. The van der Waals surface area contributed by atoms with Crippen molar-refractivity contribution >= 4 is 16.0 Å². The second-order valence-corrected chi connectivity index (χ2v) is 4.88. The number of rotatable bonds is 4. The smallest absolute Gasteiger partial charge is 0.291 e. The maximum Gasteiger partial charge on any atom is 0.338 e. The predicted octanol–water partition coefficient (Wildman–Crippen LogP) is -2.77. The van der Waals surface area contributed by atoms with Gasteiger partial charge < -0.3 is 0 Å². The third-order valence-electron chi connectivity index (χ3n) is 1.99. The summed E-state index contributed by atoms with van der Waals surface area (Å²) in [5.74, 6) is 0.168. The van der Waals surface area contributed by atoms with E-state index in [-0.39, 0.29) is 10.9 Å². The Morgan fingerprint density at radius 1 is 1.19 bits per heavy atom. The first-order chi connectivity index (χ1) is 7.39. The molecule has 0 spiro atoms. The zero-order valence-corrected chi connectivity index (χ0v) is 9.50. The summed E-state index contributed by atoms with van der Waals surface area (Å²) in [5, 5.41) is 4.97. The van der Waals surface area contributed by atoms with Crippen molar-refractivity contribution in [2.75, 3.05) is 6.54 Å². The molecule has 0 bridgehead atoms. The fourth-order valence-electron chi connectivity index (χ4n) is 1.20. The Morgan fingerprint density at radius 2 is 1.75 bits per heavy atom. The number of benzene rings is 1. The Bertz CT molecular complexity index is 475. The molecule has 16 heavy (non-hydrogen) atoms. The summed E-state index contributed by atoms with van der Waals surface area (Å²) in [6.45, 7) is 0.594. The van der Waals surface area contributed by atoms with Crippen LogP contribution in [0.2, 0.25) is 0 Å². The van der Waals surface area contributed by atoms with E-state index in [1.807, 2.05) is 0 Å². The molecular weight excluding hydrogens is 228 g/mol. The van der Waals surface area contributed by atoms with Crippen molar-refractivity contribution in [2.45, 2.75) is 11.3 Å². The van der Waals surface area contributed by atoms with Crippen LogP contribution in [0, 0.1) is 0 Å². The van der Waals surface area contributed by atoms with E-state index in [4.69, 9.17) is 16.6 Å². The van der Waals surface area contributed by atoms with Gasteiger partial charge in [-0.25, -0.2) is 13.6 Å². The normalized spacial score (nSPS) is 11.1. The number of nitrogens with two attached hydrogens (primary N) is 3. The van der Waals surface area contributed by atoms with Crippen LogP contribution < -0.4 is 21.6 Å². The largest absolute Gasteiger partial charge is 0.338 e. The predicted molar refractivity (Wildman–Crippen MR) is 60.7 cm³/mol. The van der Waals surface area contributed by atoms with E-state index in [0.29, 0.717) is 13.0 Å². The Morgan fingerprint density at radius 3 is 2.19 bits per heavy atom. The van der Waals surface area contributed by atoms with Gasteiger partial charge in [0.05, 0.1) is 11.4 Å². The monoisotopic (exact) mass is 243 g/mol. The summed E-state index contributed by atoms with van der Waals surface area (Å²) in [6.07, 6.45) is 0.697. The molecule has 0 amide bonds. The highest BCUT2D eigenvalue weighted by Crippen LogP contribution is 2.08. The molecule has 0 atom stereocenters. The van der Waals surface area contributed by atoms with Crippen molar-refractivity contribution in [3.8, 4) is 0 Å². The fraction of sp³-hybridized carbons (Fsp3) is 0.222. The van der Waals surface area contributed by atoms with E-state index in [2.05, 4.69) is 4.99 Å². The lowest BCUT2D eigenvalue weighted by molar-refractivity contribution is -0.458. The van der Waals surface area contributed by atoms with Gasteiger partial charge in [-0.1, -0.05) is 12.1 Å². The first-order valence-corrected chi connectivity index (χ1v) is 6.18. The highest BCUT2D eigenvalue weighted by atomic mass is 32.2. The average molecular weight is 243 g/mol. The SMILES string of the molecule is NC(N)=[NH+]CCc1ccc(S(N)(=O)=O)cc1. The van der Waals surface area contributed by atoms with Crippen molar-refractivity contribution in [1.29, 1.82) is 0 Å². The third kappa shape index (κ3) is 3.87. The lowest BCUT2D eigenvalue weighted by Gasteiger charge is -2.00. The lowest BCUT2D eigenvalue weighted by Crippen LogP contribution is -2.78. The number of primary sulfonamides is 1. The van der Waals surface area contributed by atoms with Crippen molar-refractivity contribution in [3.05, 3.63) is 29.8 Å². The maximum atomic E-state index is 11.0. The minimum Gasteiger partial charge on any atom is -0.291 e. The van der Waals surface area contributed by atoms with E-state index < -0.39 is 10.0 Å². The summed E-state index contributed by atoms with van der Waals surface area (Å²) in [7, 11) is -3.61. The lowest BCUT2D eigenvalue weighted by atomic mass is 10.1. The molecule has 0 heterocycles. The molecule has 0 radical (unpaired) electrons. The summed E-state index contributed by atoms with van der Waals surface area (Å²) in [5.41, 5.74) is 11.4. The van der Waals surface area contributed by atoms with Crippen molar-refractivity contribution < 1.29 is 13.4 Å². The molecule has 0 saturated carbocycles. The molecule has 88 valence electrons. The Hall–Kier alpha value is -1.60. The number of hydrogen-bond acceptors (Lipinski definition) is 2. The van der Waals surface area contributed by atoms with Crippen LogP contribution in [0.15, 0.2) is 29.2 Å². The van der Waals surface area contributed by atoms with Gasteiger partial charge in [-0.05, 0) is 17.7 Å². The minimum absolute atomic E-state index is 0.106.